The van der Waals surface area contributed by atoms with Gasteiger partial charge in [0.1, 0.15) is 5.71 Å². The molecule has 3 amide bonds. The number of aryl methyl sites for hydroxylation is 2. The average molecular weight is 286 g/mol. The van der Waals surface area contributed by atoms with Crippen LogP contribution >= 0.6 is 0 Å². The number of fused-ring (bicyclic) bond motifs is 2. The van der Waals surface area contributed by atoms with E-state index in [1.54, 1.807) is 11.9 Å². The standard InChI is InChI=1S/C15H18N4O2/c1-8-6-10-11(7-9(8)2)17(3)13-12(16-10)14(20)19(5)15(21)18(13)4/h6-7,13H,1-5H3. The van der Waals surface area contributed by atoms with E-state index < -0.39 is 6.17 Å². The number of imide groups is 1. The molecule has 21 heavy (non-hydrogen) atoms. The molecule has 110 valence electrons. The van der Waals surface area contributed by atoms with E-state index in [0.29, 0.717) is 5.71 Å². The summed E-state index contributed by atoms with van der Waals surface area (Å²) >= 11 is 0. The highest BCUT2D eigenvalue weighted by Gasteiger charge is 2.44. The van der Waals surface area contributed by atoms with Crippen molar-refractivity contribution >= 4 is 29.0 Å². The monoisotopic (exact) mass is 286 g/mol. The molecular formula is C15H18N4O2. The highest BCUT2D eigenvalue weighted by Crippen LogP contribution is 2.38. The number of carbonyl (C=O) groups is 2. The van der Waals surface area contributed by atoms with E-state index in [2.05, 4.69) is 4.99 Å². The van der Waals surface area contributed by atoms with Gasteiger partial charge >= 0.3 is 6.03 Å². The van der Waals surface area contributed by atoms with Gasteiger partial charge in [-0.2, -0.15) is 0 Å². The molecule has 0 spiro atoms. The molecule has 0 N–H and O–H groups in total. The number of hydrogen-bond donors (Lipinski definition) is 0. The third-order valence-electron chi connectivity index (χ3n) is 4.30. The molecule has 2 aliphatic rings. The summed E-state index contributed by atoms with van der Waals surface area (Å²) in [5.41, 5.74) is 4.39. The van der Waals surface area contributed by atoms with Gasteiger partial charge in [-0.25, -0.2) is 9.79 Å². The van der Waals surface area contributed by atoms with Crippen molar-refractivity contribution in [2.45, 2.75) is 20.0 Å². The van der Waals surface area contributed by atoms with Crippen molar-refractivity contribution in [2.75, 3.05) is 26.0 Å². The summed E-state index contributed by atoms with van der Waals surface area (Å²) in [6.07, 6.45) is -0.448. The van der Waals surface area contributed by atoms with Gasteiger partial charge in [0, 0.05) is 21.1 Å². The van der Waals surface area contributed by atoms with Crippen LogP contribution in [0.4, 0.5) is 16.2 Å². The first-order valence-electron chi connectivity index (χ1n) is 6.80. The first-order chi connectivity index (χ1) is 9.82. The van der Waals surface area contributed by atoms with Gasteiger partial charge in [-0.3, -0.25) is 9.69 Å². The van der Waals surface area contributed by atoms with Crippen LogP contribution < -0.4 is 4.90 Å². The molecule has 2 aliphatic heterocycles. The summed E-state index contributed by atoms with van der Waals surface area (Å²) < 4.78 is 0. The molecule has 1 aromatic carbocycles. The molecule has 3 rings (SSSR count). The quantitative estimate of drug-likeness (QED) is 0.729. The number of carbonyl (C=O) groups excluding carboxylic acids is 2. The van der Waals surface area contributed by atoms with Crippen molar-refractivity contribution in [3.63, 3.8) is 0 Å². The first kappa shape index (κ1) is 13.6. The van der Waals surface area contributed by atoms with E-state index >= 15 is 0 Å². The zero-order chi connectivity index (χ0) is 15.5. The van der Waals surface area contributed by atoms with Crippen LogP contribution in [0.1, 0.15) is 11.1 Å². The maximum absolute atomic E-state index is 12.3. The van der Waals surface area contributed by atoms with Crippen LogP contribution in [0, 0.1) is 13.8 Å². The second kappa shape index (κ2) is 4.31. The van der Waals surface area contributed by atoms with Crippen molar-refractivity contribution in [1.82, 2.24) is 9.80 Å². The van der Waals surface area contributed by atoms with Gasteiger partial charge in [0.15, 0.2) is 6.17 Å². The summed E-state index contributed by atoms with van der Waals surface area (Å²) in [7, 11) is 5.05. The van der Waals surface area contributed by atoms with Gasteiger partial charge in [0.2, 0.25) is 0 Å². The molecular weight excluding hydrogens is 268 g/mol. The van der Waals surface area contributed by atoms with Gasteiger partial charge in [0.05, 0.1) is 11.4 Å². The van der Waals surface area contributed by atoms with Crippen LogP contribution in [-0.2, 0) is 4.79 Å². The number of anilines is 1. The molecule has 0 saturated carbocycles. The van der Waals surface area contributed by atoms with Crippen LogP contribution in [0.3, 0.4) is 0 Å². The Labute approximate surface area is 123 Å². The largest absolute Gasteiger partial charge is 0.347 e. The summed E-state index contributed by atoms with van der Waals surface area (Å²) in [5.74, 6) is -0.334. The van der Waals surface area contributed by atoms with Crippen molar-refractivity contribution in [1.29, 1.82) is 0 Å². The van der Waals surface area contributed by atoms with Crippen LogP contribution in [0.2, 0.25) is 0 Å². The molecule has 6 nitrogen and oxygen atoms in total. The van der Waals surface area contributed by atoms with Crippen LogP contribution in [0.5, 0.6) is 0 Å². The maximum Gasteiger partial charge on any atom is 0.328 e. The Morgan fingerprint density at radius 1 is 1.00 bits per heavy atom. The molecule has 6 heteroatoms. The van der Waals surface area contributed by atoms with E-state index in [-0.39, 0.29) is 11.9 Å². The Kier molecular flexibility index (Phi) is 2.79. The fraction of sp³-hybridized carbons (Fsp3) is 0.400. The van der Waals surface area contributed by atoms with E-state index in [1.807, 2.05) is 37.9 Å². The highest BCUT2D eigenvalue weighted by molar-refractivity contribution is 6.46. The molecule has 1 aromatic rings. The minimum Gasteiger partial charge on any atom is -0.347 e. The highest BCUT2D eigenvalue weighted by atomic mass is 16.2. The Balaban J connectivity index is 2.21. The third kappa shape index (κ3) is 1.75. The molecule has 0 bridgehead atoms. The fourth-order valence-corrected chi connectivity index (χ4v) is 2.86. The predicted octanol–water partition coefficient (Wildman–Crippen LogP) is 1.68. The molecule has 2 heterocycles. The number of benzene rings is 1. The molecule has 1 saturated heterocycles. The van der Waals surface area contributed by atoms with E-state index in [9.17, 15) is 9.59 Å². The summed E-state index contributed by atoms with van der Waals surface area (Å²) in [4.78, 5) is 33.6. The normalized spacial score (nSPS) is 21.3. The Hall–Kier alpha value is -2.37. The fourth-order valence-electron chi connectivity index (χ4n) is 2.86. The van der Waals surface area contributed by atoms with Crippen molar-refractivity contribution in [3.05, 3.63) is 23.3 Å². The van der Waals surface area contributed by atoms with Gasteiger partial charge < -0.3 is 9.80 Å². The Bertz CT molecular complexity index is 695. The lowest BCUT2D eigenvalue weighted by atomic mass is 10.0. The number of amides is 3. The Morgan fingerprint density at radius 2 is 1.62 bits per heavy atom. The topological polar surface area (TPSA) is 56.2 Å². The van der Waals surface area contributed by atoms with Crippen molar-refractivity contribution in [2.24, 2.45) is 4.99 Å². The van der Waals surface area contributed by atoms with Gasteiger partial charge in [0.25, 0.3) is 5.91 Å². The number of rotatable bonds is 0. The smallest absolute Gasteiger partial charge is 0.328 e. The SMILES string of the molecule is Cc1cc2c(cc1C)N(C)C1C(=N2)C(=O)N(C)C(=O)N1C. The Morgan fingerprint density at radius 3 is 2.29 bits per heavy atom. The summed E-state index contributed by atoms with van der Waals surface area (Å²) in [6, 6.07) is 3.71. The second-order valence-corrected chi connectivity index (χ2v) is 5.66. The van der Waals surface area contributed by atoms with E-state index in [1.165, 1.54) is 7.05 Å². The number of nitrogens with zero attached hydrogens (tertiary/aromatic N) is 4. The van der Waals surface area contributed by atoms with Crippen LogP contribution in [0.15, 0.2) is 17.1 Å². The summed E-state index contributed by atoms with van der Waals surface area (Å²) in [6.45, 7) is 4.06. The maximum atomic E-state index is 12.3. The molecule has 1 fully saturated rings. The minimum absolute atomic E-state index is 0.317. The number of aliphatic imine (C=N–C) groups is 1. The molecule has 0 radical (unpaired) electrons. The molecule has 0 aliphatic carbocycles. The van der Waals surface area contributed by atoms with Crippen LogP contribution in [0.25, 0.3) is 0 Å². The zero-order valence-corrected chi connectivity index (χ0v) is 12.8. The lowest BCUT2D eigenvalue weighted by Gasteiger charge is -2.44. The summed E-state index contributed by atoms with van der Waals surface area (Å²) in [5, 5.41) is 0. The van der Waals surface area contributed by atoms with Gasteiger partial charge in [-0.05, 0) is 37.1 Å². The lowest BCUT2D eigenvalue weighted by molar-refractivity contribution is -0.122. The van der Waals surface area contributed by atoms with Crippen molar-refractivity contribution < 1.29 is 9.59 Å². The number of hydrogen-bond acceptors (Lipinski definition) is 4. The zero-order valence-electron chi connectivity index (χ0n) is 12.8. The molecule has 1 atom stereocenters. The van der Waals surface area contributed by atoms with Gasteiger partial charge in [-0.15, -0.1) is 0 Å². The average Bonchev–Trinajstić information content (AvgIpc) is 2.45. The predicted molar refractivity (Wildman–Crippen MR) is 81.1 cm³/mol. The second-order valence-electron chi connectivity index (χ2n) is 5.66. The third-order valence-corrected chi connectivity index (χ3v) is 4.30. The number of urea groups is 1. The molecule has 0 aromatic heterocycles. The van der Waals surface area contributed by atoms with Crippen LogP contribution in [-0.4, -0.2) is 54.8 Å². The molecule has 1 unspecified atom stereocenters. The van der Waals surface area contributed by atoms with Crippen molar-refractivity contribution in [3.8, 4) is 0 Å². The van der Waals surface area contributed by atoms with Gasteiger partial charge in [-0.1, -0.05) is 0 Å². The van der Waals surface area contributed by atoms with E-state index in [0.717, 1.165) is 27.4 Å². The minimum atomic E-state index is -0.448. The van der Waals surface area contributed by atoms with E-state index in [4.69, 9.17) is 0 Å². The first-order valence-corrected chi connectivity index (χ1v) is 6.80. The lowest BCUT2D eigenvalue weighted by Crippen LogP contribution is -2.65.